The number of nitrogens with zero attached hydrogens (tertiary/aromatic N) is 2. The number of hydrogen-bond acceptors (Lipinski definition) is 3. The van der Waals surface area contributed by atoms with E-state index in [0.29, 0.717) is 10.0 Å². The molecule has 0 radical (unpaired) electrons. The summed E-state index contributed by atoms with van der Waals surface area (Å²) in [6, 6.07) is 5.25. The first-order valence-electron chi connectivity index (χ1n) is 6.09. The van der Waals surface area contributed by atoms with Gasteiger partial charge in [0.15, 0.2) is 0 Å². The van der Waals surface area contributed by atoms with E-state index in [2.05, 4.69) is 21.9 Å². The Hall–Kier alpha value is -1.07. The van der Waals surface area contributed by atoms with E-state index in [4.69, 9.17) is 29.0 Å². The lowest BCUT2D eigenvalue weighted by Crippen LogP contribution is -2.31. The number of hydrazine groups is 1. The molecule has 3 N–H and O–H groups in total. The van der Waals surface area contributed by atoms with Crippen molar-refractivity contribution in [2.75, 3.05) is 0 Å². The van der Waals surface area contributed by atoms with Crippen molar-refractivity contribution in [3.05, 3.63) is 52.0 Å². The zero-order valence-corrected chi connectivity index (χ0v) is 12.1. The van der Waals surface area contributed by atoms with Crippen molar-refractivity contribution < 1.29 is 0 Å². The Kier molecular flexibility index (Phi) is 4.82. The van der Waals surface area contributed by atoms with Gasteiger partial charge in [-0.05, 0) is 24.1 Å². The Morgan fingerprint density at radius 3 is 2.79 bits per heavy atom. The summed E-state index contributed by atoms with van der Waals surface area (Å²) in [6.07, 6.45) is 4.75. The van der Waals surface area contributed by atoms with Crippen LogP contribution in [-0.2, 0) is 6.54 Å². The molecule has 6 heteroatoms. The molecule has 0 spiro atoms. The van der Waals surface area contributed by atoms with Gasteiger partial charge in [0.1, 0.15) is 11.9 Å². The highest BCUT2D eigenvalue weighted by molar-refractivity contribution is 6.42. The number of aryl methyl sites for hydroxylation is 1. The Bertz CT molecular complexity index is 553. The number of rotatable bonds is 5. The molecule has 0 saturated heterocycles. The molecule has 0 aliphatic carbocycles. The zero-order valence-electron chi connectivity index (χ0n) is 10.6. The van der Waals surface area contributed by atoms with E-state index in [9.17, 15) is 0 Å². The van der Waals surface area contributed by atoms with E-state index >= 15 is 0 Å². The summed E-state index contributed by atoms with van der Waals surface area (Å²) >= 11 is 12.0. The highest BCUT2D eigenvalue weighted by Crippen LogP contribution is 2.28. The standard InChI is InChI=1S/C13H16Cl2N4/c1-2-6-19-7-5-17-13(19)12(18-16)9-3-4-10(14)11(15)8-9/h3-5,7-8,12,18H,2,6,16H2,1H3. The van der Waals surface area contributed by atoms with Gasteiger partial charge in [0, 0.05) is 18.9 Å². The molecule has 1 heterocycles. The van der Waals surface area contributed by atoms with Crippen molar-refractivity contribution in [1.82, 2.24) is 15.0 Å². The number of benzene rings is 1. The molecule has 0 fully saturated rings. The summed E-state index contributed by atoms with van der Waals surface area (Å²) < 4.78 is 2.08. The van der Waals surface area contributed by atoms with Crippen LogP contribution in [0.2, 0.25) is 10.0 Å². The lowest BCUT2D eigenvalue weighted by Gasteiger charge is -2.18. The van der Waals surface area contributed by atoms with Crippen molar-refractivity contribution >= 4 is 23.2 Å². The molecule has 1 atom stereocenters. The minimum atomic E-state index is -0.212. The van der Waals surface area contributed by atoms with Gasteiger partial charge in [-0.25, -0.2) is 10.4 Å². The van der Waals surface area contributed by atoms with Crippen LogP contribution in [0.5, 0.6) is 0 Å². The van der Waals surface area contributed by atoms with E-state index < -0.39 is 0 Å². The number of halogens is 2. The number of aromatic nitrogens is 2. The third kappa shape index (κ3) is 3.09. The van der Waals surface area contributed by atoms with Gasteiger partial charge in [-0.1, -0.05) is 36.2 Å². The van der Waals surface area contributed by atoms with Crippen LogP contribution in [0.3, 0.4) is 0 Å². The average molecular weight is 299 g/mol. The smallest absolute Gasteiger partial charge is 0.131 e. The summed E-state index contributed by atoms with van der Waals surface area (Å²) in [4.78, 5) is 4.38. The molecule has 1 aromatic carbocycles. The Labute approximate surface area is 122 Å². The number of nitrogens with two attached hydrogens (primary N) is 1. The van der Waals surface area contributed by atoms with Crippen LogP contribution in [0, 0.1) is 0 Å². The van der Waals surface area contributed by atoms with Gasteiger partial charge in [0.2, 0.25) is 0 Å². The molecule has 1 unspecified atom stereocenters. The van der Waals surface area contributed by atoms with Gasteiger partial charge in [-0.2, -0.15) is 0 Å². The molecule has 0 saturated carbocycles. The first-order chi connectivity index (χ1) is 9.17. The second-order valence-electron chi connectivity index (χ2n) is 4.25. The zero-order chi connectivity index (χ0) is 13.8. The van der Waals surface area contributed by atoms with Crippen LogP contribution in [-0.4, -0.2) is 9.55 Å². The number of imidazole rings is 1. The fourth-order valence-corrected chi connectivity index (χ4v) is 2.33. The fraction of sp³-hybridized carbons (Fsp3) is 0.308. The van der Waals surface area contributed by atoms with Gasteiger partial charge in [-0.3, -0.25) is 5.84 Å². The molecule has 19 heavy (non-hydrogen) atoms. The van der Waals surface area contributed by atoms with Gasteiger partial charge in [-0.15, -0.1) is 0 Å². The second kappa shape index (κ2) is 6.39. The van der Waals surface area contributed by atoms with Crippen molar-refractivity contribution in [2.45, 2.75) is 25.9 Å². The Morgan fingerprint density at radius 1 is 1.37 bits per heavy atom. The maximum atomic E-state index is 6.05. The number of hydrogen-bond donors (Lipinski definition) is 2. The molecule has 4 nitrogen and oxygen atoms in total. The van der Waals surface area contributed by atoms with Crippen molar-refractivity contribution in [3.63, 3.8) is 0 Å². The van der Waals surface area contributed by atoms with E-state index in [0.717, 1.165) is 24.4 Å². The first kappa shape index (κ1) is 14.3. The quantitative estimate of drug-likeness (QED) is 0.658. The molecule has 2 rings (SSSR count). The third-order valence-corrected chi connectivity index (χ3v) is 3.65. The normalized spacial score (nSPS) is 12.6. The molecule has 2 aromatic rings. The lowest BCUT2D eigenvalue weighted by atomic mass is 10.1. The molecule has 0 aliphatic rings. The second-order valence-corrected chi connectivity index (χ2v) is 5.07. The van der Waals surface area contributed by atoms with Crippen LogP contribution in [0.4, 0.5) is 0 Å². The van der Waals surface area contributed by atoms with Crippen LogP contribution < -0.4 is 11.3 Å². The highest BCUT2D eigenvalue weighted by atomic mass is 35.5. The van der Waals surface area contributed by atoms with Crippen LogP contribution in [0.25, 0.3) is 0 Å². The van der Waals surface area contributed by atoms with Crippen molar-refractivity contribution in [2.24, 2.45) is 5.84 Å². The van der Waals surface area contributed by atoms with E-state index in [1.54, 1.807) is 18.3 Å². The maximum absolute atomic E-state index is 6.05. The van der Waals surface area contributed by atoms with Gasteiger partial charge in [0.25, 0.3) is 0 Å². The maximum Gasteiger partial charge on any atom is 0.131 e. The molecule has 0 amide bonds. The molecule has 1 aromatic heterocycles. The largest absolute Gasteiger partial charge is 0.333 e. The highest BCUT2D eigenvalue weighted by Gasteiger charge is 2.18. The topological polar surface area (TPSA) is 55.9 Å². The lowest BCUT2D eigenvalue weighted by molar-refractivity contribution is 0.545. The monoisotopic (exact) mass is 298 g/mol. The van der Waals surface area contributed by atoms with Crippen LogP contribution in [0.15, 0.2) is 30.6 Å². The fourth-order valence-electron chi connectivity index (χ4n) is 2.02. The van der Waals surface area contributed by atoms with Crippen LogP contribution in [0.1, 0.15) is 30.8 Å². The predicted octanol–water partition coefficient (Wildman–Crippen LogP) is 3.15. The SMILES string of the molecule is CCCn1ccnc1C(NN)c1ccc(Cl)c(Cl)c1. The summed E-state index contributed by atoms with van der Waals surface area (Å²) in [5, 5.41) is 1.03. The van der Waals surface area contributed by atoms with Gasteiger partial charge in [0.05, 0.1) is 10.0 Å². The number of nitrogens with one attached hydrogen (secondary N) is 1. The third-order valence-electron chi connectivity index (χ3n) is 2.91. The summed E-state index contributed by atoms with van der Waals surface area (Å²) in [5.41, 5.74) is 3.71. The van der Waals surface area contributed by atoms with Crippen molar-refractivity contribution in [3.8, 4) is 0 Å². The molecular weight excluding hydrogens is 283 g/mol. The molecule has 0 aliphatic heterocycles. The molecule has 102 valence electrons. The van der Waals surface area contributed by atoms with E-state index in [-0.39, 0.29) is 6.04 Å². The van der Waals surface area contributed by atoms with Gasteiger partial charge < -0.3 is 4.57 Å². The molecule has 0 bridgehead atoms. The Morgan fingerprint density at radius 2 is 2.16 bits per heavy atom. The van der Waals surface area contributed by atoms with E-state index in [1.165, 1.54) is 0 Å². The summed E-state index contributed by atoms with van der Waals surface area (Å²) in [7, 11) is 0. The Balaban J connectivity index is 2.38. The minimum Gasteiger partial charge on any atom is -0.333 e. The minimum absolute atomic E-state index is 0.212. The van der Waals surface area contributed by atoms with Crippen molar-refractivity contribution in [1.29, 1.82) is 0 Å². The van der Waals surface area contributed by atoms with Gasteiger partial charge >= 0.3 is 0 Å². The summed E-state index contributed by atoms with van der Waals surface area (Å²) in [6.45, 7) is 3.02. The van der Waals surface area contributed by atoms with E-state index in [1.807, 2.05) is 12.3 Å². The predicted molar refractivity (Wildman–Crippen MR) is 78.1 cm³/mol. The first-order valence-corrected chi connectivity index (χ1v) is 6.85. The summed E-state index contributed by atoms with van der Waals surface area (Å²) in [5.74, 6) is 6.53. The average Bonchev–Trinajstić information content (AvgIpc) is 2.83. The van der Waals surface area contributed by atoms with Crippen LogP contribution >= 0.6 is 23.2 Å². The molecular formula is C13H16Cl2N4.